The minimum absolute atomic E-state index is 0.116. The minimum Gasteiger partial charge on any atom is -0.377 e. The van der Waals surface area contributed by atoms with E-state index < -0.39 is 0 Å². The molecule has 1 N–H and O–H groups in total. The molecule has 0 aliphatic carbocycles. The third kappa shape index (κ3) is 4.58. The van der Waals surface area contributed by atoms with Crippen LogP contribution in [0.15, 0.2) is 53.4 Å². The van der Waals surface area contributed by atoms with Gasteiger partial charge in [-0.25, -0.2) is 4.39 Å². The second-order valence-electron chi connectivity index (χ2n) is 5.75. The van der Waals surface area contributed by atoms with Gasteiger partial charge >= 0.3 is 0 Å². The van der Waals surface area contributed by atoms with E-state index in [2.05, 4.69) is 5.32 Å². The highest BCUT2D eigenvalue weighted by Crippen LogP contribution is 2.26. The molecule has 126 valence electrons. The van der Waals surface area contributed by atoms with E-state index in [1.807, 2.05) is 24.3 Å². The number of carbonyl (C=O) groups excluding carboxylic acids is 1. The van der Waals surface area contributed by atoms with Crippen molar-refractivity contribution in [1.82, 2.24) is 5.32 Å². The summed E-state index contributed by atoms with van der Waals surface area (Å²) in [7, 11) is 0. The van der Waals surface area contributed by atoms with Gasteiger partial charge in [0.15, 0.2) is 0 Å². The molecule has 1 atom stereocenters. The van der Waals surface area contributed by atoms with Crippen LogP contribution in [-0.4, -0.2) is 24.4 Å². The summed E-state index contributed by atoms with van der Waals surface area (Å²) in [4.78, 5) is 13.4. The molecule has 0 radical (unpaired) electrons. The van der Waals surface area contributed by atoms with E-state index in [4.69, 9.17) is 4.74 Å². The highest BCUT2D eigenvalue weighted by molar-refractivity contribution is 7.99. The molecule has 1 aliphatic rings. The Morgan fingerprint density at radius 1 is 1.21 bits per heavy atom. The van der Waals surface area contributed by atoms with Crippen molar-refractivity contribution in [1.29, 1.82) is 0 Å². The van der Waals surface area contributed by atoms with E-state index in [1.54, 1.807) is 23.9 Å². The van der Waals surface area contributed by atoms with Crippen LogP contribution in [0.4, 0.5) is 4.39 Å². The van der Waals surface area contributed by atoms with Gasteiger partial charge in [-0.3, -0.25) is 4.79 Å². The van der Waals surface area contributed by atoms with Crippen molar-refractivity contribution in [3.05, 3.63) is 65.5 Å². The predicted molar refractivity (Wildman–Crippen MR) is 93.7 cm³/mol. The van der Waals surface area contributed by atoms with Crippen LogP contribution in [0.3, 0.4) is 0 Å². The zero-order valence-electron chi connectivity index (χ0n) is 13.3. The van der Waals surface area contributed by atoms with Crippen LogP contribution in [0.1, 0.15) is 28.8 Å². The van der Waals surface area contributed by atoms with Gasteiger partial charge < -0.3 is 10.1 Å². The van der Waals surface area contributed by atoms with Gasteiger partial charge in [-0.2, -0.15) is 0 Å². The standard InChI is InChI=1S/C19H20FNO2S/c20-15-9-7-14(8-10-15)12-21-19(22)17-5-1-2-6-18(17)24-13-16-4-3-11-23-16/h1-2,5-10,16H,3-4,11-13H2,(H,21,22)/t16-/m1/s1. The van der Waals surface area contributed by atoms with Crippen molar-refractivity contribution in [3.63, 3.8) is 0 Å². The molecule has 1 aliphatic heterocycles. The third-order valence-corrected chi connectivity index (χ3v) is 5.15. The molecule has 0 saturated carbocycles. The Morgan fingerprint density at radius 2 is 2.00 bits per heavy atom. The third-order valence-electron chi connectivity index (χ3n) is 3.95. The molecule has 0 bridgehead atoms. The number of hydrogen-bond donors (Lipinski definition) is 1. The van der Waals surface area contributed by atoms with Crippen LogP contribution < -0.4 is 5.32 Å². The summed E-state index contributed by atoms with van der Waals surface area (Å²) >= 11 is 1.66. The molecular weight excluding hydrogens is 325 g/mol. The summed E-state index contributed by atoms with van der Waals surface area (Å²) < 4.78 is 18.6. The van der Waals surface area contributed by atoms with Crippen LogP contribution in [0, 0.1) is 5.82 Å². The monoisotopic (exact) mass is 345 g/mol. The van der Waals surface area contributed by atoms with Gasteiger partial charge in [0.2, 0.25) is 0 Å². The lowest BCUT2D eigenvalue weighted by Crippen LogP contribution is -2.23. The molecule has 5 heteroatoms. The molecule has 3 nitrogen and oxygen atoms in total. The minimum atomic E-state index is -0.277. The first-order valence-electron chi connectivity index (χ1n) is 8.08. The Balaban J connectivity index is 1.60. The Kier molecular flexibility index (Phi) is 5.88. The van der Waals surface area contributed by atoms with Gasteiger partial charge in [-0.05, 0) is 42.7 Å². The van der Waals surface area contributed by atoms with Crippen molar-refractivity contribution in [3.8, 4) is 0 Å². The fourth-order valence-corrected chi connectivity index (χ4v) is 3.74. The SMILES string of the molecule is O=C(NCc1ccc(F)cc1)c1ccccc1SC[C@H]1CCCO1. The van der Waals surface area contributed by atoms with Crippen molar-refractivity contribution < 1.29 is 13.9 Å². The number of amides is 1. The molecule has 1 amide bonds. The molecule has 2 aromatic carbocycles. The molecular formula is C19H20FNO2S. The maximum absolute atomic E-state index is 12.9. The number of benzene rings is 2. The van der Waals surface area contributed by atoms with Gasteiger partial charge in [0.05, 0.1) is 11.7 Å². The van der Waals surface area contributed by atoms with Crippen molar-refractivity contribution >= 4 is 17.7 Å². The van der Waals surface area contributed by atoms with Gasteiger partial charge in [-0.15, -0.1) is 11.8 Å². The summed E-state index contributed by atoms with van der Waals surface area (Å²) in [6, 6.07) is 13.7. The first-order valence-corrected chi connectivity index (χ1v) is 9.07. The molecule has 24 heavy (non-hydrogen) atoms. The topological polar surface area (TPSA) is 38.3 Å². The Hall–Kier alpha value is -1.85. The van der Waals surface area contributed by atoms with Crippen LogP contribution >= 0.6 is 11.8 Å². The van der Waals surface area contributed by atoms with Crippen molar-refractivity contribution in [2.24, 2.45) is 0 Å². The Morgan fingerprint density at radius 3 is 2.75 bits per heavy atom. The normalized spacial score (nSPS) is 17.0. The van der Waals surface area contributed by atoms with Gasteiger partial charge in [0, 0.05) is 23.8 Å². The fourth-order valence-electron chi connectivity index (χ4n) is 2.62. The van der Waals surface area contributed by atoms with Crippen LogP contribution in [-0.2, 0) is 11.3 Å². The molecule has 0 spiro atoms. The largest absolute Gasteiger partial charge is 0.377 e. The second kappa shape index (κ2) is 8.31. The molecule has 1 heterocycles. The van der Waals surface area contributed by atoms with E-state index in [0.29, 0.717) is 12.1 Å². The van der Waals surface area contributed by atoms with Gasteiger partial charge in [-0.1, -0.05) is 24.3 Å². The fraction of sp³-hybridized carbons (Fsp3) is 0.316. The molecule has 1 fully saturated rings. The lowest BCUT2D eigenvalue weighted by Gasteiger charge is -2.12. The van der Waals surface area contributed by atoms with E-state index >= 15 is 0 Å². The molecule has 1 saturated heterocycles. The number of hydrogen-bond acceptors (Lipinski definition) is 3. The summed E-state index contributed by atoms with van der Waals surface area (Å²) in [5.41, 5.74) is 1.54. The highest BCUT2D eigenvalue weighted by atomic mass is 32.2. The lowest BCUT2D eigenvalue weighted by molar-refractivity contribution is 0.0948. The second-order valence-corrected chi connectivity index (χ2v) is 6.81. The maximum atomic E-state index is 12.9. The number of thioether (sulfide) groups is 1. The first kappa shape index (κ1) is 17.0. The molecule has 2 aromatic rings. The average Bonchev–Trinajstić information content (AvgIpc) is 3.13. The van der Waals surface area contributed by atoms with Gasteiger partial charge in [0.1, 0.15) is 5.82 Å². The number of rotatable bonds is 6. The van der Waals surface area contributed by atoms with E-state index in [0.717, 1.165) is 35.7 Å². The smallest absolute Gasteiger partial charge is 0.252 e. The summed E-state index contributed by atoms with van der Waals surface area (Å²) in [6.45, 7) is 1.22. The Labute approximate surface area is 145 Å². The van der Waals surface area contributed by atoms with Gasteiger partial charge in [0.25, 0.3) is 5.91 Å². The van der Waals surface area contributed by atoms with E-state index in [9.17, 15) is 9.18 Å². The Bertz CT molecular complexity index is 684. The van der Waals surface area contributed by atoms with E-state index in [1.165, 1.54) is 12.1 Å². The number of nitrogens with one attached hydrogen (secondary N) is 1. The zero-order valence-corrected chi connectivity index (χ0v) is 14.2. The average molecular weight is 345 g/mol. The van der Waals surface area contributed by atoms with Crippen LogP contribution in [0.2, 0.25) is 0 Å². The predicted octanol–water partition coefficient (Wildman–Crippen LogP) is 4.03. The zero-order chi connectivity index (χ0) is 16.8. The first-order chi connectivity index (χ1) is 11.7. The van der Waals surface area contributed by atoms with E-state index in [-0.39, 0.29) is 17.8 Å². The lowest BCUT2D eigenvalue weighted by atomic mass is 10.2. The number of ether oxygens (including phenoxy) is 1. The molecule has 0 aromatic heterocycles. The summed E-state index contributed by atoms with van der Waals surface area (Å²) in [6.07, 6.45) is 2.49. The molecule has 0 unspecified atom stereocenters. The van der Waals surface area contributed by atoms with Crippen molar-refractivity contribution in [2.75, 3.05) is 12.4 Å². The van der Waals surface area contributed by atoms with Crippen LogP contribution in [0.25, 0.3) is 0 Å². The number of carbonyl (C=O) groups is 1. The summed E-state index contributed by atoms with van der Waals surface area (Å²) in [5, 5.41) is 2.90. The summed E-state index contributed by atoms with van der Waals surface area (Å²) in [5.74, 6) is 0.470. The number of halogens is 1. The maximum Gasteiger partial charge on any atom is 0.252 e. The highest BCUT2D eigenvalue weighted by Gasteiger charge is 2.17. The van der Waals surface area contributed by atoms with Crippen molar-refractivity contribution in [2.45, 2.75) is 30.4 Å². The quantitative estimate of drug-likeness (QED) is 0.804. The van der Waals surface area contributed by atoms with Crippen LogP contribution in [0.5, 0.6) is 0 Å². The molecule has 3 rings (SSSR count).